The number of hydrogen-bond donors (Lipinski definition) is 1. The Morgan fingerprint density at radius 3 is 2.82 bits per heavy atom. The topological polar surface area (TPSA) is 37.3 Å². The van der Waals surface area contributed by atoms with Gasteiger partial charge in [-0.1, -0.05) is 30.3 Å². The third-order valence-electron chi connectivity index (χ3n) is 2.94. The van der Waals surface area contributed by atoms with Crippen molar-refractivity contribution in [2.45, 2.75) is 4.90 Å². The van der Waals surface area contributed by atoms with E-state index in [-0.39, 0.29) is 5.78 Å². The van der Waals surface area contributed by atoms with E-state index in [0.29, 0.717) is 16.9 Å². The lowest BCUT2D eigenvalue weighted by Crippen LogP contribution is -2.12. The Hall–Kier alpha value is -1.74. The molecule has 17 heavy (non-hydrogen) atoms. The van der Waals surface area contributed by atoms with Crippen LogP contribution in [0.4, 0.5) is 0 Å². The molecule has 0 aliphatic carbocycles. The van der Waals surface area contributed by atoms with Crippen LogP contribution >= 0.6 is 11.8 Å². The van der Waals surface area contributed by atoms with E-state index in [0.717, 1.165) is 21.9 Å². The predicted octanol–water partition coefficient (Wildman–Crippen LogP) is 3.57. The Morgan fingerprint density at radius 1 is 1.18 bits per heavy atom. The molecule has 84 valence electrons. The Kier molecular flexibility index (Phi) is 2.41. The number of hydrogen-bond acceptors (Lipinski definition) is 3. The number of benzene rings is 2. The molecule has 2 aromatic rings. The van der Waals surface area contributed by atoms with Crippen molar-refractivity contribution in [2.75, 3.05) is 5.75 Å². The van der Waals surface area contributed by atoms with Crippen molar-refractivity contribution in [3.8, 4) is 0 Å². The molecule has 0 amide bonds. The van der Waals surface area contributed by atoms with Crippen LogP contribution in [-0.4, -0.2) is 16.6 Å². The zero-order valence-electron chi connectivity index (χ0n) is 9.01. The van der Waals surface area contributed by atoms with Crippen LogP contribution in [0.25, 0.3) is 10.8 Å². The van der Waals surface area contributed by atoms with Gasteiger partial charge < -0.3 is 5.11 Å². The van der Waals surface area contributed by atoms with Crippen molar-refractivity contribution in [1.29, 1.82) is 0 Å². The summed E-state index contributed by atoms with van der Waals surface area (Å²) < 4.78 is 0. The first-order chi connectivity index (χ1) is 8.31. The second kappa shape index (κ2) is 3.93. The van der Waals surface area contributed by atoms with Gasteiger partial charge in [-0.3, -0.25) is 4.79 Å². The first-order valence-corrected chi connectivity index (χ1v) is 6.32. The van der Waals surface area contributed by atoms with Crippen LogP contribution in [0.1, 0.15) is 10.4 Å². The highest BCUT2D eigenvalue weighted by molar-refractivity contribution is 8.00. The minimum Gasteiger partial charge on any atom is -0.515 e. The van der Waals surface area contributed by atoms with E-state index in [2.05, 4.69) is 0 Å². The number of rotatable bonds is 0. The largest absolute Gasteiger partial charge is 0.515 e. The van der Waals surface area contributed by atoms with Gasteiger partial charge in [-0.2, -0.15) is 0 Å². The molecule has 0 radical (unpaired) electrons. The SMILES string of the molecule is O=C1/C(=C/O)CSc2c1ccc1ccccc21. The van der Waals surface area contributed by atoms with Crippen molar-refractivity contribution in [1.82, 2.24) is 0 Å². The van der Waals surface area contributed by atoms with Crippen molar-refractivity contribution in [2.24, 2.45) is 0 Å². The fourth-order valence-corrected chi connectivity index (χ4v) is 3.22. The third-order valence-corrected chi connectivity index (χ3v) is 4.13. The Balaban J connectivity index is 2.30. The molecule has 0 spiro atoms. The maximum Gasteiger partial charge on any atom is 0.194 e. The lowest BCUT2D eigenvalue weighted by Gasteiger charge is -2.18. The number of aliphatic hydroxyl groups is 1. The number of aliphatic hydroxyl groups excluding tert-OH is 1. The van der Waals surface area contributed by atoms with Gasteiger partial charge in [0.05, 0.1) is 6.26 Å². The van der Waals surface area contributed by atoms with Gasteiger partial charge in [0.1, 0.15) is 0 Å². The number of ketones is 1. The average Bonchev–Trinajstić information content (AvgIpc) is 2.39. The van der Waals surface area contributed by atoms with Crippen molar-refractivity contribution in [3.05, 3.63) is 53.8 Å². The van der Waals surface area contributed by atoms with Crippen molar-refractivity contribution >= 4 is 28.3 Å². The van der Waals surface area contributed by atoms with Gasteiger partial charge in [-0.15, -0.1) is 11.8 Å². The number of thioether (sulfide) groups is 1. The molecule has 1 heterocycles. The van der Waals surface area contributed by atoms with E-state index in [1.165, 1.54) is 0 Å². The molecule has 0 aromatic heterocycles. The Morgan fingerprint density at radius 2 is 2.00 bits per heavy atom. The van der Waals surface area contributed by atoms with Crippen LogP contribution in [0.3, 0.4) is 0 Å². The summed E-state index contributed by atoms with van der Waals surface area (Å²) >= 11 is 1.61. The monoisotopic (exact) mass is 242 g/mol. The number of fused-ring (bicyclic) bond motifs is 3. The highest BCUT2D eigenvalue weighted by Gasteiger charge is 2.23. The second-order valence-electron chi connectivity index (χ2n) is 3.94. The van der Waals surface area contributed by atoms with E-state index in [9.17, 15) is 4.79 Å². The molecule has 1 aliphatic heterocycles. The van der Waals surface area contributed by atoms with Gasteiger partial charge >= 0.3 is 0 Å². The fourth-order valence-electron chi connectivity index (χ4n) is 2.06. The summed E-state index contributed by atoms with van der Waals surface area (Å²) in [4.78, 5) is 13.1. The van der Waals surface area contributed by atoms with Crippen molar-refractivity contribution < 1.29 is 9.90 Å². The molecule has 0 atom stereocenters. The zero-order chi connectivity index (χ0) is 11.8. The van der Waals surface area contributed by atoms with Crippen LogP contribution in [0.2, 0.25) is 0 Å². The van der Waals surface area contributed by atoms with E-state index in [4.69, 9.17) is 5.11 Å². The average molecular weight is 242 g/mol. The smallest absolute Gasteiger partial charge is 0.194 e. The summed E-state index contributed by atoms with van der Waals surface area (Å²) in [5.41, 5.74) is 1.16. The maximum atomic E-state index is 12.0. The Bertz CT molecular complexity index is 644. The normalized spacial score (nSPS) is 17.4. The summed E-state index contributed by atoms with van der Waals surface area (Å²) in [6, 6.07) is 11.8. The van der Waals surface area contributed by atoms with Gasteiger partial charge in [0.2, 0.25) is 0 Å². The molecule has 0 saturated heterocycles. The minimum absolute atomic E-state index is 0.0630. The molecule has 0 fully saturated rings. The molecular formula is C14H10O2S. The lowest BCUT2D eigenvalue weighted by atomic mass is 10.0. The lowest BCUT2D eigenvalue weighted by molar-refractivity contribution is 0.102. The number of carbonyl (C=O) groups is 1. The summed E-state index contributed by atoms with van der Waals surface area (Å²) in [6.07, 6.45) is 0.924. The van der Waals surface area contributed by atoms with Gasteiger partial charge in [0.15, 0.2) is 5.78 Å². The molecule has 1 aliphatic rings. The molecular weight excluding hydrogens is 232 g/mol. The molecule has 0 bridgehead atoms. The zero-order valence-corrected chi connectivity index (χ0v) is 9.83. The quantitative estimate of drug-likeness (QED) is 0.567. The van der Waals surface area contributed by atoms with E-state index < -0.39 is 0 Å². The molecule has 0 unspecified atom stereocenters. The summed E-state index contributed by atoms with van der Waals surface area (Å²) in [6.45, 7) is 0. The van der Waals surface area contributed by atoms with Crippen LogP contribution in [0.5, 0.6) is 0 Å². The predicted molar refractivity (Wildman–Crippen MR) is 69.7 cm³/mol. The van der Waals surface area contributed by atoms with Crippen LogP contribution in [0, 0.1) is 0 Å². The molecule has 0 saturated carbocycles. The van der Waals surface area contributed by atoms with E-state index >= 15 is 0 Å². The van der Waals surface area contributed by atoms with Gasteiger partial charge in [0, 0.05) is 21.8 Å². The van der Waals surface area contributed by atoms with Crippen LogP contribution in [-0.2, 0) is 0 Å². The maximum absolute atomic E-state index is 12.0. The fraction of sp³-hybridized carbons (Fsp3) is 0.0714. The summed E-state index contributed by atoms with van der Waals surface area (Å²) in [5.74, 6) is 0.475. The number of carbonyl (C=O) groups excluding carboxylic acids is 1. The minimum atomic E-state index is -0.0630. The van der Waals surface area contributed by atoms with Crippen LogP contribution < -0.4 is 0 Å². The molecule has 3 rings (SSSR count). The molecule has 1 N–H and O–H groups in total. The molecule has 3 heteroatoms. The van der Waals surface area contributed by atoms with Gasteiger partial charge in [-0.25, -0.2) is 0 Å². The van der Waals surface area contributed by atoms with Crippen LogP contribution in [0.15, 0.2) is 53.1 Å². The van der Waals surface area contributed by atoms with E-state index in [1.807, 2.05) is 36.4 Å². The third kappa shape index (κ3) is 1.54. The number of Topliss-reactive ketones (excluding diaryl/α,β-unsaturated/α-hetero) is 1. The summed E-state index contributed by atoms with van der Waals surface area (Å²) in [5, 5.41) is 11.3. The molecule has 2 aromatic carbocycles. The highest BCUT2D eigenvalue weighted by atomic mass is 32.2. The van der Waals surface area contributed by atoms with E-state index in [1.54, 1.807) is 11.8 Å². The first kappa shape index (κ1) is 10.4. The molecule has 2 nitrogen and oxygen atoms in total. The Labute approximate surface area is 103 Å². The van der Waals surface area contributed by atoms with Gasteiger partial charge in [0.25, 0.3) is 0 Å². The first-order valence-electron chi connectivity index (χ1n) is 5.34. The van der Waals surface area contributed by atoms with Crippen molar-refractivity contribution in [3.63, 3.8) is 0 Å². The highest BCUT2D eigenvalue weighted by Crippen LogP contribution is 2.37. The van der Waals surface area contributed by atoms with Gasteiger partial charge in [-0.05, 0) is 16.8 Å². The second-order valence-corrected chi connectivity index (χ2v) is 4.92. The standard InChI is InChI=1S/C14H10O2S/c15-7-10-8-17-14-11-4-2-1-3-9(11)5-6-12(14)13(10)16/h1-7,15H,8H2/b10-7+. The summed E-state index contributed by atoms with van der Waals surface area (Å²) in [7, 11) is 0.